The zero-order valence-corrected chi connectivity index (χ0v) is 19.5. The average molecular weight is 452 g/mol. The average Bonchev–Trinajstić information content (AvgIpc) is 3.68. The van der Waals surface area contributed by atoms with Gasteiger partial charge in [0.2, 0.25) is 11.8 Å². The summed E-state index contributed by atoms with van der Waals surface area (Å²) >= 11 is 0. The largest absolute Gasteiger partial charge is 0.340 e. The van der Waals surface area contributed by atoms with Crippen molar-refractivity contribution in [3.05, 3.63) is 66.0 Å². The predicted octanol–water partition coefficient (Wildman–Crippen LogP) is 4.12. The van der Waals surface area contributed by atoms with Crippen molar-refractivity contribution in [3.8, 4) is 0 Å². The third-order valence-electron chi connectivity index (χ3n) is 6.83. The summed E-state index contributed by atoms with van der Waals surface area (Å²) in [6.07, 6.45) is 4.19. The Morgan fingerprint density at radius 3 is 2.24 bits per heavy atom. The van der Waals surface area contributed by atoms with Crippen LogP contribution in [0.25, 0.3) is 0 Å². The number of piperidine rings is 1. The molecule has 1 aliphatic carbocycles. The van der Waals surface area contributed by atoms with E-state index in [0.717, 1.165) is 56.6 Å². The predicted molar refractivity (Wildman–Crippen MR) is 128 cm³/mol. The Kier molecular flexibility index (Phi) is 7.76. The van der Waals surface area contributed by atoms with Gasteiger partial charge in [0.25, 0.3) is 0 Å². The lowest BCUT2D eigenvalue weighted by Crippen LogP contribution is -2.49. The lowest BCUT2D eigenvalue weighted by atomic mass is 10.0. The summed E-state index contributed by atoms with van der Waals surface area (Å²) in [5.41, 5.74) is 1.83. The van der Waals surface area contributed by atoms with Crippen molar-refractivity contribution >= 4 is 17.5 Å². The first-order valence-corrected chi connectivity index (χ1v) is 12.2. The van der Waals surface area contributed by atoms with Crippen LogP contribution in [0.1, 0.15) is 38.2 Å². The number of para-hydroxylation sites is 1. The smallest absolute Gasteiger partial charge is 0.230 e. The van der Waals surface area contributed by atoms with Crippen molar-refractivity contribution in [2.24, 2.45) is 5.92 Å². The SMILES string of the molecule is CCN(C(=O)Cc1ccc(F)cc1)C1CCN(CCN(C(=O)C2CC2)c2ccccc2)CC1. The molecule has 0 atom stereocenters. The van der Waals surface area contributed by atoms with E-state index in [9.17, 15) is 14.0 Å². The van der Waals surface area contributed by atoms with E-state index in [1.807, 2.05) is 47.1 Å². The highest BCUT2D eigenvalue weighted by atomic mass is 19.1. The van der Waals surface area contributed by atoms with Gasteiger partial charge in [-0.2, -0.15) is 0 Å². The van der Waals surface area contributed by atoms with E-state index in [0.29, 0.717) is 19.5 Å². The Bertz CT molecular complexity index is 922. The molecule has 1 aliphatic heterocycles. The van der Waals surface area contributed by atoms with Crippen LogP contribution in [0.5, 0.6) is 0 Å². The molecule has 176 valence electrons. The van der Waals surface area contributed by atoms with Crippen molar-refractivity contribution in [1.29, 1.82) is 0 Å². The zero-order valence-electron chi connectivity index (χ0n) is 19.5. The minimum absolute atomic E-state index is 0.104. The summed E-state index contributed by atoms with van der Waals surface area (Å²) in [4.78, 5) is 32.1. The Morgan fingerprint density at radius 2 is 1.64 bits per heavy atom. The monoisotopic (exact) mass is 451 g/mol. The molecule has 0 N–H and O–H groups in total. The maximum atomic E-state index is 13.2. The number of rotatable bonds is 9. The highest BCUT2D eigenvalue weighted by molar-refractivity contribution is 5.96. The fourth-order valence-electron chi connectivity index (χ4n) is 4.74. The second-order valence-electron chi connectivity index (χ2n) is 9.16. The number of hydrogen-bond acceptors (Lipinski definition) is 3. The molecular formula is C27H34FN3O2. The zero-order chi connectivity index (χ0) is 23.2. The Hall–Kier alpha value is -2.73. The van der Waals surface area contributed by atoms with Gasteiger partial charge in [-0.15, -0.1) is 0 Å². The summed E-state index contributed by atoms with van der Waals surface area (Å²) in [5.74, 6) is 0.268. The maximum Gasteiger partial charge on any atom is 0.230 e. The molecule has 0 bridgehead atoms. The van der Waals surface area contributed by atoms with E-state index in [2.05, 4.69) is 4.90 Å². The summed E-state index contributed by atoms with van der Waals surface area (Å²) in [7, 11) is 0. The lowest BCUT2D eigenvalue weighted by molar-refractivity contribution is -0.133. The van der Waals surface area contributed by atoms with Gasteiger partial charge in [-0.1, -0.05) is 30.3 Å². The summed E-state index contributed by atoms with van der Waals surface area (Å²) in [5, 5.41) is 0. The third kappa shape index (κ3) is 6.20. The van der Waals surface area contributed by atoms with Crippen molar-refractivity contribution in [2.45, 2.75) is 45.1 Å². The van der Waals surface area contributed by atoms with E-state index >= 15 is 0 Å². The van der Waals surface area contributed by atoms with Crippen LogP contribution in [-0.4, -0.2) is 60.4 Å². The topological polar surface area (TPSA) is 43.9 Å². The van der Waals surface area contributed by atoms with Crippen LogP contribution < -0.4 is 4.90 Å². The van der Waals surface area contributed by atoms with Crippen molar-refractivity contribution < 1.29 is 14.0 Å². The minimum Gasteiger partial charge on any atom is -0.340 e. The normalized spacial score (nSPS) is 17.0. The third-order valence-corrected chi connectivity index (χ3v) is 6.83. The van der Waals surface area contributed by atoms with Crippen LogP contribution in [0, 0.1) is 11.7 Å². The molecule has 5 nitrogen and oxygen atoms in total. The van der Waals surface area contributed by atoms with E-state index in [4.69, 9.17) is 0 Å². The van der Waals surface area contributed by atoms with E-state index in [1.165, 1.54) is 12.1 Å². The molecule has 1 saturated heterocycles. The summed E-state index contributed by atoms with van der Waals surface area (Å²) < 4.78 is 13.2. The van der Waals surface area contributed by atoms with Crippen LogP contribution in [0.3, 0.4) is 0 Å². The number of likely N-dealkylation sites (tertiary alicyclic amines) is 1. The second-order valence-corrected chi connectivity index (χ2v) is 9.16. The van der Waals surface area contributed by atoms with Crippen LogP contribution >= 0.6 is 0 Å². The summed E-state index contributed by atoms with van der Waals surface area (Å²) in [6.45, 7) is 6.09. The molecule has 1 saturated carbocycles. The van der Waals surface area contributed by atoms with Crippen LogP contribution in [0.2, 0.25) is 0 Å². The number of carbonyl (C=O) groups excluding carboxylic acids is 2. The van der Waals surface area contributed by atoms with Gasteiger partial charge < -0.3 is 14.7 Å². The number of nitrogens with zero attached hydrogens (tertiary/aromatic N) is 3. The van der Waals surface area contributed by atoms with Crippen LogP contribution in [0.4, 0.5) is 10.1 Å². The molecule has 2 aromatic carbocycles. The number of hydrogen-bond donors (Lipinski definition) is 0. The van der Waals surface area contributed by atoms with Crippen LogP contribution in [-0.2, 0) is 16.0 Å². The molecule has 33 heavy (non-hydrogen) atoms. The Labute approximate surface area is 196 Å². The van der Waals surface area contributed by atoms with Gasteiger partial charge in [-0.25, -0.2) is 4.39 Å². The van der Waals surface area contributed by atoms with Gasteiger partial charge in [-0.05, 0) is 62.4 Å². The molecular weight excluding hydrogens is 417 g/mol. The Morgan fingerprint density at radius 1 is 0.970 bits per heavy atom. The second kappa shape index (κ2) is 10.9. The first-order valence-electron chi connectivity index (χ1n) is 12.2. The number of anilines is 1. The molecule has 0 aromatic heterocycles. The first kappa shape index (κ1) is 23.4. The van der Waals surface area contributed by atoms with Gasteiger partial charge in [0.05, 0.1) is 6.42 Å². The molecule has 4 rings (SSSR count). The number of amides is 2. The quantitative estimate of drug-likeness (QED) is 0.576. The van der Waals surface area contributed by atoms with Gasteiger partial charge in [-0.3, -0.25) is 9.59 Å². The van der Waals surface area contributed by atoms with Crippen molar-refractivity contribution in [2.75, 3.05) is 37.6 Å². The fourth-order valence-corrected chi connectivity index (χ4v) is 4.74. The maximum absolute atomic E-state index is 13.2. The molecule has 6 heteroatoms. The van der Waals surface area contributed by atoms with Gasteiger partial charge in [0.1, 0.15) is 5.82 Å². The molecule has 0 unspecified atom stereocenters. The molecule has 2 amide bonds. The van der Waals surface area contributed by atoms with Gasteiger partial charge in [0.15, 0.2) is 0 Å². The molecule has 2 aromatic rings. The fraction of sp³-hybridized carbons (Fsp3) is 0.481. The van der Waals surface area contributed by atoms with Crippen molar-refractivity contribution in [3.63, 3.8) is 0 Å². The standard InChI is InChI=1S/C27H34FN3O2/c1-2-30(26(32)20-21-8-12-23(28)13-9-21)25-14-16-29(17-15-25)18-19-31(27(33)22-10-11-22)24-6-4-3-5-7-24/h3-9,12-13,22,25H,2,10-11,14-20H2,1H3. The summed E-state index contributed by atoms with van der Waals surface area (Å²) in [6, 6.07) is 16.4. The highest BCUT2D eigenvalue weighted by Gasteiger charge is 2.34. The molecule has 0 spiro atoms. The van der Waals surface area contributed by atoms with Crippen LogP contribution in [0.15, 0.2) is 54.6 Å². The number of carbonyl (C=O) groups is 2. The Balaban J connectivity index is 1.28. The van der Waals surface area contributed by atoms with Gasteiger partial charge >= 0.3 is 0 Å². The van der Waals surface area contributed by atoms with Gasteiger partial charge in [0, 0.05) is 50.4 Å². The van der Waals surface area contributed by atoms with E-state index in [-0.39, 0.29) is 29.6 Å². The molecule has 2 aliphatic rings. The van der Waals surface area contributed by atoms with E-state index < -0.39 is 0 Å². The molecule has 0 radical (unpaired) electrons. The molecule has 2 fully saturated rings. The first-order chi connectivity index (χ1) is 16.0. The number of benzene rings is 2. The number of halogens is 1. The number of likely N-dealkylation sites (N-methyl/N-ethyl adjacent to an activating group) is 1. The highest BCUT2D eigenvalue weighted by Crippen LogP contribution is 2.32. The molecule has 1 heterocycles. The van der Waals surface area contributed by atoms with Crippen molar-refractivity contribution in [1.82, 2.24) is 9.80 Å². The lowest BCUT2D eigenvalue weighted by Gasteiger charge is -2.39. The van der Waals surface area contributed by atoms with E-state index in [1.54, 1.807) is 12.1 Å². The minimum atomic E-state index is -0.282.